The van der Waals surface area contributed by atoms with Crippen LogP contribution in [-0.4, -0.2) is 9.97 Å². The number of imidazole rings is 1. The zero-order valence-electron chi connectivity index (χ0n) is 14.5. The maximum absolute atomic E-state index is 4.15. The average molecular weight is 339 g/mol. The second-order valence-corrected chi connectivity index (χ2v) is 6.28. The molecule has 0 aliphatic rings. The fraction of sp³-hybridized carbons (Fsp3) is 0.0870. The Morgan fingerprint density at radius 2 is 1.15 bits per heavy atom. The van der Waals surface area contributed by atoms with Gasteiger partial charge in [-0.15, -0.1) is 0 Å². The second-order valence-electron chi connectivity index (χ2n) is 6.28. The molecule has 4 aromatic rings. The number of rotatable bonds is 6. The van der Waals surface area contributed by atoms with Gasteiger partial charge < -0.3 is 4.98 Å². The molecule has 3 nitrogen and oxygen atoms in total. The van der Waals surface area contributed by atoms with Gasteiger partial charge in [0.2, 0.25) is 0 Å². The smallest absolute Gasteiger partial charge is 0.0951 e. The van der Waals surface area contributed by atoms with E-state index in [0.29, 0.717) is 6.54 Å². The highest BCUT2D eigenvalue weighted by atomic mass is 15.0. The third kappa shape index (κ3) is 3.05. The van der Waals surface area contributed by atoms with E-state index < -0.39 is 5.54 Å². The van der Waals surface area contributed by atoms with Crippen LogP contribution in [0, 0.1) is 0 Å². The molecule has 0 atom stereocenters. The lowest BCUT2D eigenvalue weighted by atomic mass is 9.77. The van der Waals surface area contributed by atoms with E-state index in [2.05, 4.69) is 106 Å². The van der Waals surface area contributed by atoms with E-state index in [-0.39, 0.29) is 0 Å². The predicted octanol–water partition coefficient (Wildman–Crippen LogP) is 4.49. The van der Waals surface area contributed by atoms with E-state index in [9.17, 15) is 0 Å². The molecule has 0 fully saturated rings. The Bertz CT molecular complexity index is 820. The molecule has 0 amide bonds. The van der Waals surface area contributed by atoms with Crippen LogP contribution in [0.3, 0.4) is 0 Å². The molecule has 26 heavy (non-hydrogen) atoms. The maximum atomic E-state index is 4.15. The largest absolute Gasteiger partial charge is 0.347 e. The van der Waals surface area contributed by atoms with E-state index in [4.69, 9.17) is 0 Å². The molecule has 4 rings (SSSR count). The molecule has 0 unspecified atom stereocenters. The van der Waals surface area contributed by atoms with Crippen molar-refractivity contribution in [1.29, 1.82) is 0 Å². The Hall–Kier alpha value is -3.17. The number of hydrogen-bond donors (Lipinski definition) is 2. The molecule has 0 aliphatic heterocycles. The van der Waals surface area contributed by atoms with Crippen molar-refractivity contribution < 1.29 is 0 Å². The van der Waals surface area contributed by atoms with Crippen molar-refractivity contribution >= 4 is 0 Å². The van der Waals surface area contributed by atoms with Gasteiger partial charge in [-0.1, -0.05) is 91.0 Å². The van der Waals surface area contributed by atoms with Crippen molar-refractivity contribution in [3.63, 3.8) is 0 Å². The van der Waals surface area contributed by atoms with E-state index in [1.807, 2.05) is 6.20 Å². The van der Waals surface area contributed by atoms with Crippen LogP contribution in [0.1, 0.15) is 22.4 Å². The molecule has 0 saturated carbocycles. The topological polar surface area (TPSA) is 40.7 Å². The van der Waals surface area contributed by atoms with Crippen molar-refractivity contribution in [1.82, 2.24) is 15.3 Å². The third-order valence-corrected chi connectivity index (χ3v) is 4.72. The van der Waals surface area contributed by atoms with Crippen LogP contribution in [0.15, 0.2) is 104 Å². The minimum atomic E-state index is -0.450. The van der Waals surface area contributed by atoms with Crippen LogP contribution >= 0.6 is 0 Å². The molecule has 1 aromatic heterocycles. The van der Waals surface area contributed by atoms with Crippen LogP contribution in [0.5, 0.6) is 0 Å². The molecule has 1 heterocycles. The first-order valence-corrected chi connectivity index (χ1v) is 8.78. The van der Waals surface area contributed by atoms with Crippen LogP contribution in [0.25, 0.3) is 0 Å². The fourth-order valence-corrected chi connectivity index (χ4v) is 3.48. The molecule has 0 saturated heterocycles. The van der Waals surface area contributed by atoms with Gasteiger partial charge in [-0.05, 0) is 16.7 Å². The van der Waals surface area contributed by atoms with E-state index in [1.54, 1.807) is 6.33 Å². The quantitative estimate of drug-likeness (QED) is 0.508. The van der Waals surface area contributed by atoms with Gasteiger partial charge in [-0.2, -0.15) is 0 Å². The number of aromatic nitrogens is 2. The van der Waals surface area contributed by atoms with Crippen molar-refractivity contribution in [2.24, 2.45) is 0 Å². The van der Waals surface area contributed by atoms with Crippen molar-refractivity contribution in [2.75, 3.05) is 0 Å². The summed E-state index contributed by atoms with van der Waals surface area (Å²) in [6.45, 7) is 0.679. The van der Waals surface area contributed by atoms with Gasteiger partial charge in [0.1, 0.15) is 0 Å². The highest BCUT2D eigenvalue weighted by molar-refractivity contribution is 5.49. The Morgan fingerprint density at radius 1 is 0.692 bits per heavy atom. The first kappa shape index (κ1) is 16.3. The molecule has 3 heteroatoms. The standard InChI is InChI=1S/C23H21N3/c1-4-10-19(11-5-1)23(20-12-6-2-7-13-20,21-14-8-3-9-15-21)26-17-22-16-24-18-25-22/h1-16,18,26H,17H2,(H,24,25). The summed E-state index contributed by atoms with van der Waals surface area (Å²) in [5.74, 6) is 0. The highest BCUT2D eigenvalue weighted by Gasteiger charge is 2.35. The van der Waals surface area contributed by atoms with Crippen LogP contribution in [0.2, 0.25) is 0 Å². The minimum Gasteiger partial charge on any atom is -0.347 e. The molecule has 0 radical (unpaired) electrons. The van der Waals surface area contributed by atoms with Gasteiger partial charge in [0, 0.05) is 18.4 Å². The van der Waals surface area contributed by atoms with Crippen molar-refractivity contribution in [3.8, 4) is 0 Å². The Balaban J connectivity index is 1.90. The minimum absolute atomic E-state index is 0.450. The number of nitrogens with zero attached hydrogens (tertiary/aromatic N) is 1. The first-order valence-electron chi connectivity index (χ1n) is 8.78. The molecule has 3 aromatic carbocycles. The molecular formula is C23H21N3. The lowest BCUT2D eigenvalue weighted by molar-refractivity contribution is 0.467. The highest BCUT2D eigenvalue weighted by Crippen LogP contribution is 2.36. The fourth-order valence-electron chi connectivity index (χ4n) is 3.48. The van der Waals surface area contributed by atoms with Gasteiger partial charge in [-0.3, -0.25) is 5.32 Å². The SMILES string of the molecule is c1ccc(C(NCc2cnc[nH]2)(c2ccccc2)c2ccccc2)cc1. The van der Waals surface area contributed by atoms with E-state index in [1.165, 1.54) is 16.7 Å². The number of aromatic amines is 1. The van der Waals surface area contributed by atoms with Crippen molar-refractivity contribution in [3.05, 3.63) is 126 Å². The zero-order valence-corrected chi connectivity index (χ0v) is 14.5. The molecule has 128 valence electrons. The first-order chi connectivity index (χ1) is 12.9. The van der Waals surface area contributed by atoms with Crippen LogP contribution in [-0.2, 0) is 12.1 Å². The molecule has 0 spiro atoms. The van der Waals surface area contributed by atoms with Gasteiger partial charge in [0.15, 0.2) is 0 Å². The monoisotopic (exact) mass is 339 g/mol. The maximum Gasteiger partial charge on any atom is 0.0951 e. The van der Waals surface area contributed by atoms with Gasteiger partial charge in [-0.25, -0.2) is 4.98 Å². The van der Waals surface area contributed by atoms with Gasteiger partial charge in [0.25, 0.3) is 0 Å². The van der Waals surface area contributed by atoms with E-state index >= 15 is 0 Å². The number of hydrogen-bond acceptors (Lipinski definition) is 2. The molecular weight excluding hydrogens is 318 g/mol. The molecule has 0 aliphatic carbocycles. The summed E-state index contributed by atoms with van der Waals surface area (Å²) in [6, 6.07) is 31.8. The Morgan fingerprint density at radius 3 is 1.54 bits per heavy atom. The molecule has 2 N–H and O–H groups in total. The number of benzene rings is 3. The van der Waals surface area contributed by atoms with Gasteiger partial charge >= 0.3 is 0 Å². The third-order valence-electron chi connectivity index (χ3n) is 4.72. The molecule has 0 bridgehead atoms. The number of nitrogens with one attached hydrogen (secondary N) is 2. The van der Waals surface area contributed by atoms with Crippen LogP contribution < -0.4 is 5.32 Å². The lowest BCUT2D eigenvalue weighted by Gasteiger charge is -2.37. The summed E-state index contributed by atoms with van der Waals surface area (Å²) in [5.41, 5.74) is 4.22. The Labute approximate surface area is 153 Å². The summed E-state index contributed by atoms with van der Waals surface area (Å²) in [6.07, 6.45) is 3.57. The summed E-state index contributed by atoms with van der Waals surface area (Å²) in [5, 5.41) is 3.81. The summed E-state index contributed by atoms with van der Waals surface area (Å²) < 4.78 is 0. The van der Waals surface area contributed by atoms with Crippen LogP contribution in [0.4, 0.5) is 0 Å². The summed E-state index contributed by atoms with van der Waals surface area (Å²) >= 11 is 0. The van der Waals surface area contributed by atoms with Crippen molar-refractivity contribution in [2.45, 2.75) is 12.1 Å². The average Bonchev–Trinajstić information content (AvgIpc) is 3.25. The zero-order chi connectivity index (χ0) is 17.7. The number of H-pyrrole nitrogens is 1. The Kier molecular flexibility index (Phi) is 4.63. The lowest BCUT2D eigenvalue weighted by Crippen LogP contribution is -2.44. The summed E-state index contributed by atoms with van der Waals surface area (Å²) in [4.78, 5) is 7.34. The second kappa shape index (κ2) is 7.38. The van der Waals surface area contributed by atoms with E-state index in [0.717, 1.165) is 5.69 Å². The predicted molar refractivity (Wildman–Crippen MR) is 105 cm³/mol. The van der Waals surface area contributed by atoms with Gasteiger partial charge in [0.05, 0.1) is 11.9 Å². The normalized spacial score (nSPS) is 11.4. The summed E-state index contributed by atoms with van der Waals surface area (Å²) in [7, 11) is 0.